The van der Waals surface area contributed by atoms with Gasteiger partial charge >= 0.3 is 0 Å². The maximum Gasteiger partial charge on any atom is 0.211 e. The van der Waals surface area contributed by atoms with Crippen molar-refractivity contribution in [2.75, 3.05) is 32.4 Å². The van der Waals surface area contributed by atoms with E-state index in [1.54, 1.807) is 4.31 Å². The van der Waals surface area contributed by atoms with Gasteiger partial charge in [-0.3, -0.25) is 9.58 Å². The van der Waals surface area contributed by atoms with Gasteiger partial charge in [0.25, 0.3) is 0 Å². The summed E-state index contributed by atoms with van der Waals surface area (Å²) in [6.07, 6.45) is 4.17. The zero-order valence-corrected chi connectivity index (χ0v) is 29.4. The Kier molecular flexibility index (Phi) is 9.95. The summed E-state index contributed by atoms with van der Waals surface area (Å²) in [6, 6.07) is 23.1. The highest BCUT2D eigenvalue weighted by molar-refractivity contribution is 7.88. The van der Waals surface area contributed by atoms with Gasteiger partial charge < -0.3 is 10.6 Å². The lowest BCUT2D eigenvalue weighted by atomic mass is 10.0. The van der Waals surface area contributed by atoms with Gasteiger partial charge in [0.1, 0.15) is 0 Å². The van der Waals surface area contributed by atoms with Crippen LogP contribution in [0, 0.1) is 11.8 Å². The number of fused-ring (bicyclic) bond motifs is 3. The van der Waals surface area contributed by atoms with Crippen molar-refractivity contribution in [1.29, 1.82) is 0 Å². The molecule has 0 radical (unpaired) electrons. The van der Waals surface area contributed by atoms with Crippen LogP contribution in [-0.2, 0) is 42.6 Å². The number of aryl methyl sites for hydroxylation is 1. The molecule has 2 fully saturated rings. The average molecular weight is 704 g/mol. The van der Waals surface area contributed by atoms with E-state index in [-0.39, 0.29) is 0 Å². The lowest BCUT2D eigenvalue weighted by Gasteiger charge is -2.27. The van der Waals surface area contributed by atoms with E-state index >= 15 is 0 Å². The second kappa shape index (κ2) is 14.3. The summed E-state index contributed by atoms with van der Waals surface area (Å²) in [5.74, 6) is 6.53. The molecule has 3 aromatic carbocycles. The topological polar surface area (TPSA) is 82.5 Å². The Balaban J connectivity index is 1.07. The Morgan fingerprint density at radius 2 is 1.73 bits per heavy atom. The molecule has 0 aliphatic carbocycles. The van der Waals surface area contributed by atoms with Crippen LogP contribution in [0.5, 0.6) is 0 Å². The SMILES string of the molecule is CS(=O)(=O)N1CCc2c(c(-c3ccc(Cl)c(C#Cc4ccc(CNCc5ccc(Cl)cc5)cc4)c3)nn2CCCN2C[C@@H]3C[C@H]2CN3)C1. The average Bonchev–Trinajstić information content (AvgIpc) is 3.81. The molecule has 2 saturated heterocycles. The van der Waals surface area contributed by atoms with Gasteiger partial charge in [-0.05, 0) is 60.4 Å². The van der Waals surface area contributed by atoms with Gasteiger partial charge in [-0.15, -0.1) is 0 Å². The molecule has 8 nitrogen and oxygen atoms in total. The third-order valence-corrected chi connectivity index (χ3v) is 11.5. The lowest BCUT2D eigenvalue weighted by Crippen LogP contribution is -2.44. The van der Waals surface area contributed by atoms with Crippen LogP contribution in [0.4, 0.5) is 0 Å². The first-order valence-electron chi connectivity index (χ1n) is 16.6. The number of piperazine rings is 1. The number of aromatic nitrogens is 2. The van der Waals surface area contributed by atoms with Crippen molar-refractivity contribution in [3.8, 4) is 23.1 Å². The van der Waals surface area contributed by atoms with Crippen LogP contribution in [0.2, 0.25) is 10.0 Å². The largest absolute Gasteiger partial charge is 0.311 e. The maximum absolute atomic E-state index is 12.5. The highest BCUT2D eigenvalue weighted by atomic mass is 35.5. The van der Waals surface area contributed by atoms with Crippen LogP contribution in [0.3, 0.4) is 0 Å². The monoisotopic (exact) mass is 702 g/mol. The molecular weight excluding hydrogens is 663 g/mol. The van der Waals surface area contributed by atoms with Crippen molar-refractivity contribution in [2.24, 2.45) is 0 Å². The van der Waals surface area contributed by atoms with Crippen LogP contribution in [0.25, 0.3) is 11.3 Å². The van der Waals surface area contributed by atoms with Crippen molar-refractivity contribution in [2.45, 2.75) is 57.5 Å². The first kappa shape index (κ1) is 33.3. The van der Waals surface area contributed by atoms with Gasteiger partial charge in [0.15, 0.2) is 0 Å². The molecule has 2 bridgehead atoms. The summed E-state index contributed by atoms with van der Waals surface area (Å²) in [4.78, 5) is 2.60. The van der Waals surface area contributed by atoms with E-state index in [9.17, 15) is 8.42 Å². The fourth-order valence-corrected chi connectivity index (χ4v) is 8.16. The standard InChI is InChI=1S/C37H40Cl2N6O2S/c1-48(46,47)44-18-15-36-34(25-44)37(42-45(36)17-2-16-43-24-32-20-33(43)23-41-32)30-11-14-35(39)29(19-30)10-7-26-3-5-27(6-4-26)21-40-22-28-8-12-31(38)13-9-28/h3-6,8-9,11-14,19,32-33,40-41H,2,15-18,20-25H2,1H3/t32-,33-/m0/s1. The Hall–Kier alpha value is -3.20. The summed E-state index contributed by atoms with van der Waals surface area (Å²) in [6.45, 7) is 6.34. The van der Waals surface area contributed by atoms with Crippen molar-refractivity contribution in [1.82, 2.24) is 29.6 Å². The predicted molar refractivity (Wildman–Crippen MR) is 192 cm³/mol. The van der Waals surface area contributed by atoms with Gasteiger partial charge in [0.2, 0.25) is 10.0 Å². The molecule has 1 aromatic heterocycles. The first-order valence-corrected chi connectivity index (χ1v) is 19.2. The lowest BCUT2D eigenvalue weighted by molar-refractivity contribution is 0.218. The van der Waals surface area contributed by atoms with Crippen molar-refractivity contribution >= 4 is 33.2 Å². The second-order valence-electron chi connectivity index (χ2n) is 13.1. The molecule has 4 aromatic rings. The van der Waals surface area contributed by atoms with Gasteiger partial charge in [0.05, 0.1) is 17.0 Å². The fraction of sp³-hybridized carbons (Fsp3) is 0.378. The smallest absolute Gasteiger partial charge is 0.211 e. The van der Waals surface area contributed by atoms with Crippen LogP contribution >= 0.6 is 23.2 Å². The third-order valence-electron chi connectivity index (χ3n) is 9.66. The van der Waals surface area contributed by atoms with Crippen molar-refractivity contribution < 1.29 is 8.42 Å². The van der Waals surface area contributed by atoms with E-state index < -0.39 is 10.0 Å². The number of hydrogen-bond donors (Lipinski definition) is 2. The number of sulfonamides is 1. The van der Waals surface area contributed by atoms with Crippen LogP contribution in [0.1, 0.15) is 46.4 Å². The molecule has 11 heteroatoms. The fourth-order valence-electron chi connectivity index (χ4n) is 7.08. The second-order valence-corrected chi connectivity index (χ2v) is 15.9. The summed E-state index contributed by atoms with van der Waals surface area (Å²) in [7, 11) is -3.34. The number of nitrogens with one attached hydrogen (secondary N) is 2. The van der Waals surface area contributed by atoms with E-state index in [1.165, 1.54) is 23.8 Å². The molecule has 7 rings (SSSR count). The minimum Gasteiger partial charge on any atom is -0.311 e. The summed E-state index contributed by atoms with van der Waals surface area (Å²) < 4.78 is 28.7. The van der Waals surface area contributed by atoms with Crippen molar-refractivity contribution in [3.63, 3.8) is 0 Å². The number of benzene rings is 3. The van der Waals surface area contributed by atoms with Crippen LogP contribution < -0.4 is 10.6 Å². The highest BCUT2D eigenvalue weighted by Gasteiger charge is 2.37. The van der Waals surface area contributed by atoms with Gasteiger partial charge in [-0.25, -0.2) is 8.42 Å². The molecule has 3 aliphatic rings. The Morgan fingerprint density at radius 3 is 2.42 bits per heavy atom. The zero-order valence-electron chi connectivity index (χ0n) is 27.1. The first-order chi connectivity index (χ1) is 23.2. The normalized spacial score (nSPS) is 19.3. The van der Waals surface area contributed by atoms with E-state index in [4.69, 9.17) is 28.3 Å². The molecule has 0 saturated carbocycles. The molecule has 2 atom stereocenters. The number of halogens is 2. The summed E-state index contributed by atoms with van der Waals surface area (Å²) in [5.41, 5.74) is 7.74. The molecule has 2 N–H and O–H groups in total. The van der Waals surface area contributed by atoms with Gasteiger partial charge in [-0.2, -0.15) is 9.40 Å². The van der Waals surface area contributed by atoms with E-state index in [2.05, 4.69) is 44.2 Å². The quantitative estimate of drug-likeness (QED) is 0.219. The summed E-state index contributed by atoms with van der Waals surface area (Å²) >= 11 is 12.6. The molecular formula is C37H40Cl2N6O2S. The minimum absolute atomic E-state index is 0.315. The van der Waals surface area contributed by atoms with Gasteiger partial charge in [-0.1, -0.05) is 65.4 Å². The molecule has 0 unspecified atom stereocenters. The number of hydrogen-bond acceptors (Lipinski definition) is 6. The third kappa shape index (κ3) is 7.66. The van der Waals surface area contributed by atoms with Crippen LogP contribution in [0.15, 0.2) is 66.7 Å². The zero-order chi connectivity index (χ0) is 33.3. The number of nitrogens with zero attached hydrogens (tertiary/aromatic N) is 4. The molecule has 48 heavy (non-hydrogen) atoms. The molecule has 250 valence electrons. The summed E-state index contributed by atoms with van der Waals surface area (Å²) in [5, 5.41) is 13.4. The molecule has 3 aliphatic heterocycles. The van der Waals surface area contributed by atoms with E-state index in [1.807, 2.05) is 54.6 Å². The van der Waals surface area contributed by atoms with Gasteiger partial charge in [0, 0.05) is 104 Å². The van der Waals surface area contributed by atoms with E-state index in [0.717, 1.165) is 78.8 Å². The Morgan fingerprint density at radius 1 is 0.979 bits per heavy atom. The van der Waals surface area contributed by atoms with Crippen molar-refractivity contribution in [3.05, 3.63) is 110 Å². The molecule has 0 spiro atoms. The number of rotatable bonds is 10. The molecule has 0 amide bonds. The minimum atomic E-state index is -3.34. The van der Waals surface area contributed by atoms with Crippen LogP contribution in [-0.4, -0.2) is 71.9 Å². The molecule has 4 heterocycles. The Bertz CT molecular complexity index is 1950. The predicted octanol–water partition coefficient (Wildman–Crippen LogP) is 5.30. The van der Waals surface area contributed by atoms with E-state index in [0.29, 0.717) is 42.2 Å². The Labute approximate surface area is 293 Å². The number of likely N-dealkylation sites (tertiary alicyclic amines) is 1. The highest BCUT2D eigenvalue weighted by Crippen LogP contribution is 2.33. The maximum atomic E-state index is 12.5.